The maximum atomic E-state index is 13.5. The van der Waals surface area contributed by atoms with Crippen LogP contribution in [0.25, 0.3) is 11.0 Å². The van der Waals surface area contributed by atoms with Crippen molar-refractivity contribution in [2.45, 2.75) is 44.0 Å². The predicted octanol–water partition coefficient (Wildman–Crippen LogP) is 4.39. The van der Waals surface area contributed by atoms with Crippen molar-refractivity contribution in [2.24, 2.45) is 5.92 Å². The lowest BCUT2D eigenvalue weighted by molar-refractivity contribution is 0.174. The number of para-hydroxylation sites is 1. The number of piperidine rings is 1. The predicted molar refractivity (Wildman–Crippen MR) is 140 cm³/mol. The maximum absolute atomic E-state index is 13.5. The minimum atomic E-state index is -3.49. The summed E-state index contributed by atoms with van der Waals surface area (Å²) in [4.78, 5) is 5.38. The van der Waals surface area contributed by atoms with Crippen LogP contribution in [0.15, 0.2) is 58.0 Å². The van der Waals surface area contributed by atoms with Gasteiger partial charge in [0, 0.05) is 38.6 Å². The van der Waals surface area contributed by atoms with Gasteiger partial charge in [-0.2, -0.15) is 0 Å². The van der Waals surface area contributed by atoms with Crippen molar-refractivity contribution in [3.8, 4) is 0 Å². The Hall–Kier alpha value is -2.19. The molecule has 2 aromatic carbocycles. The van der Waals surface area contributed by atoms with E-state index in [9.17, 15) is 8.42 Å². The minimum absolute atomic E-state index is 0.399. The highest BCUT2D eigenvalue weighted by atomic mass is 32.2. The molecule has 2 aliphatic rings. The molecule has 0 unspecified atom stereocenters. The number of sulfonamides is 1. The average molecular weight is 496 g/mol. The second kappa shape index (κ2) is 10.4. The van der Waals surface area contributed by atoms with Crippen LogP contribution in [0.3, 0.4) is 0 Å². The van der Waals surface area contributed by atoms with Crippen LogP contribution in [-0.4, -0.2) is 68.8 Å². The van der Waals surface area contributed by atoms with E-state index in [4.69, 9.17) is 4.42 Å². The fraction of sp³-hybridized carbons (Fsp3) is 0.500. The fourth-order valence-electron chi connectivity index (χ4n) is 5.67. The number of nitrogens with zero attached hydrogens (tertiary/aromatic N) is 3. The zero-order valence-corrected chi connectivity index (χ0v) is 21.8. The quantitative estimate of drug-likeness (QED) is 0.464. The number of furan rings is 1. The van der Waals surface area contributed by atoms with E-state index in [1.807, 2.05) is 24.5 Å². The number of fused-ring (bicyclic) bond motifs is 2. The summed E-state index contributed by atoms with van der Waals surface area (Å²) in [6.07, 6.45) is 5.73. The molecule has 0 bridgehead atoms. The van der Waals surface area contributed by atoms with Gasteiger partial charge < -0.3 is 9.32 Å². The van der Waals surface area contributed by atoms with Gasteiger partial charge in [0.25, 0.3) is 0 Å². The molecule has 3 aromatic rings. The van der Waals surface area contributed by atoms with Gasteiger partial charge in [0.1, 0.15) is 5.58 Å². The van der Waals surface area contributed by atoms with E-state index in [0.29, 0.717) is 17.4 Å². The molecule has 1 saturated heterocycles. The van der Waals surface area contributed by atoms with Crippen molar-refractivity contribution in [3.63, 3.8) is 0 Å². The number of hydrogen-bond acceptors (Lipinski definition) is 5. The van der Waals surface area contributed by atoms with Crippen LogP contribution in [0.4, 0.5) is 0 Å². The Morgan fingerprint density at radius 3 is 2.63 bits per heavy atom. The third-order valence-corrected chi connectivity index (χ3v) is 9.83. The highest BCUT2D eigenvalue weighted by Crippen LogP contribution is 2.29. The Kier molecular flexibility index (Phi) is 7.30. The molecule has 2 aliphatic heterocycles. The van der Waals surface area contributed by atoms with Crippen LogP contribution in [-0.2, 0) is 29.4 Å². The topological polar surface area (TPSA) is 57.0 Å². The average Bonchev–Trinajstić information content (AvgIpc) is 3.30. The number of hydrogen-bond donors (Lipinski definition) is 0. The van der Waals surface area contributed by atoms with Crippen LogP contribution in [0.5, 0.6) is 0 Å². The summed E-state index contributed by atoms with van der Waals surface area (Å²) >= 11 is 0. The summed E-state index contributed by atoms with van der Waals surface area (Å²) in [5, 5.41) is 1.21. The third-order valence-electron chi connectivity index (χ3n) is 7.92. The van der Waals surface area contributed by atoms with E-state index in [1.54, 1.807) is 17.4 Å². The van der Waals surface area contributed by atoms with E-state index in [0.717, 1.165) is 81.7 Å². The number of rotatable bonds is 8. The first-order valence-corrected chi connectivity index (χ1v) is 14.4. The van der Waals surface area contributed by atoms with E-state index < -0.39 is 10.0 Å². The van der Waals surface area contributed by atoms with Crippen molar-refractivity contribution < 1.29 is 12.8 Å². The van der Waals surface area contributed by atoms with Gasteiger partial charge in [-0.15, -0.1) is 0 Å². The summed E-state index contributed by atoms with van der Waals surface area (Å²) in [5.41, 5.74) is 4.39. The molecule has 35 heavy (non-hydrogen) atoms. The van der Waals surface area contributed by atoms with Gasteiger partial charge >= 0.3 is 0 Å². The Bertz CT molecular complexity index is 1260. The maximum Gasteiger partial charge on any atom is 0.243 e. The normalized spacial score (nSPS) is 18.4. The molecule has 1 fully saturated rings. The van der Waals surface area contributed by atoms with Crippen LogP contribution in [0.2, 0.25) is 0 Å². The molecule has 3 heterocycles. The molecule has 1 aromatic heterocycles. The van der Waals surface area contributed by atoms with Gasteiger partial charge in [0.15, 0.2) is 0 Å². The second-order valence-electron chi connectivity index (χ2n) is 10.1. The van der Waals surface area contributed by atoms with Crippen molar-refractivity contribution in [1.82, 2.24) is 14.1 Å². The van der Waals surface area contributed by atoms with Crippen LogP contribution < -0.4 is 0 Å². The smallest absolute Gasteiger partial charge is 0.243 e. The molecule has 0 saturated carbocycles. The Labute approximate surface area is 209 Å². The molecule has 0 aliphatic carbocycles. The van der Waals surface area contributed by atoms with Crippen molar-refractivity contribution in [1.29, 1.82) is 0 Å². The molecule has 188 valence electrons. The lowest BCUT2D eigenvalue weighted by Crippen LogP contribution is -2.40. The lowest BCUT2D eigenvalue weighted by Gasteiger charge is -2.34. The fourth-order valence-corrected chi connectivity index (χ4v) is 7.21. The molecule has 7 heteroatoms. The van der Waals surface area contributed by atoms with Gasteiger partial charge in [-0.05, 0) is 80.1 Å². The van der Waals surface area contributed by atoms with E-state index in [1.165, 1.54) is 10.9 Å². The first-order chi connectivity index (χ1) is 17.0. The van der Waals surface area contributed by atoms with Gasteiger partial charge in [-0.3, -0.25) is 4.90 Å². The van der Waals surface area contributed by atoms with Crippen LogP contribution in [0, 0.1) is 5.92 Å². The highest BCUT2D eigenvalue weighted by Gasteiger charge is 2.30. The van der Waals surface area contributed by atoms with E-state index >= 15 is 0 Å². The molecule has 6 nitrogen and oxygen atoms in total. The molecular weight excluding hydrogens is 458 g/mol. The summed E-state index contributed by atoms with van der Waals surface area (Å²) in [6.45, 7) is 8.54. The first kappa shape index (κ1) is 24.5. The van der Waals surface area contributed by atoms with Gasteiger partial charge in [0.05, 0.1) is 11.2 Å². The molecular formula is C28H37N3O3S. The Morgan fingerprint density at radius 2 is 1.83 bits per heavy atom. The molecule has 0 N–H and O–H groups in total. The first-order valence-electron chi connectivity index (χ1n) is 12.9. The SMILES string of the molecule is CCN1CCc2c(cccc2S(=O)(=O)N(C)CC2CCN(CCc3coc4ccccc34)CC2)C1. The van der Waals surface area contributed by atoms with Gasteiger partial charge in [-0.1, -0.05) is 37.3 Å². The van der Waals surface area contributed by atoms with Crippen molar-refractivity contribution in [2.75, 3.05) is 46.3 Å². The van der Waals surface area contributed by atoms with Crippen LogP contribution >= 0.6 is 0 Å². The molecule has 0 radical (unpaired) electrons. The summed E-state index contributed by atoms with van der Waals surface area (Å²) in [5.74, 6) is 0.399. The van der Waals surface area contributed by atoms with E-state index in [2.05, 4.69) is 34.9 Å². The second-order valence-corrected chi connectivity index (χ2v) is 12.1. The molecule has 0 spiro atoms. The minimum Gasteiger partial charge on any atom is -0.464 e. The lowest BCUT2D eigenvalue weighted by atomic mass is 9.96. The summed E-state index contributed by atoms with van der Waals surface area (Å²) in [6, 6.07) is 14.0. The molecule has 5 rings (SSSR count). The third kappa shape index (κ3) is 5.19. The Morgan fingerprint density at radius 1 is 1.03 bits per heavy atom. The molecule has 0 atom stereocenters. The summed E-state index contributed by atoms with van der Waals surface area (Å²) in [7, 11) is -1.73. The molecule has 0 amide bonds. The van der Waals surface area contributed by atoms with Crippen molar-refractivity contribution in [3.05, 3.63) is 65.4 Å². The van der Waals surface area contributed by atoms with Gasteiger partial charge in [-0.25, -0.2) is 12.7 Å². The van der Waals surface area contributed by atoms with Gasteiger partial charge in [0.2, 0.25) is 10.0 Å². The number of benzene rings is 2. The summed E-state index contributed by atoms with van der Waals surface area (Å²) < 4.78 is 34.3. The number of likely N-dealkylation sites (tertiary alicyclic amines) is 1. The monoisotopic (exact) mass is 495 g/mol. The zero-order valence-electron chi connectivity index (χ0n) is 20.9. The van der Waals surface area contributed by atoms with Crippen LogP contribution in [0.1, 0.15) is 36.5 Å². The van der Waals surface area contributed by atoms with E-state index in [-0.39, 0.29) is 0 Å². The largest absolute Gasteiger partial charge is 0.464 e. The Balaban J connectivity index is 1.16. The number of likely N-dealkylation sites (N-methyl/N-ethyl adjacent to an activating group) is 1. The van der Waals surface area contributed by atoms with Crippen molar-refractivity contribution >= 4 is 21.0 Å². The zero-order chi connectivity index (χ0) is 24.4. The highest BCUT2D eigenvalue weighted by molar-refractivity contribution is 7.89. The standard InChI is InChI=1S/C28H37N3O3S/c1-3-30-18-14-26-23(20-30)7-6-10-28(26)35(32,33)29(2)19-22-11-15-31(16-12-22)17-13-24-21-34-27-9-5-4-8-25(24)27/h4-10,21-22H,3,11-20H2,1-2H3.